The SMILES string of the molecule is COc1c(NC(=O)c2ccc(NC(=O)c3ccc(NC(=O)CNC(=O)c4ccc(NC(=O)c5c[nH]c6ccccc6c5=O)cc4)cn3)c(OC)c2O)ccc(C(=O)O)c1O.Cc1cn[nH]n1. The third-order valence-electron chi connectivity index (χ3n) is 9.31. The summed E-state index contributed by atoms with van der Waals surface area (Å²) >= 11 is 0. The molecule has 7 aromatic rings. The standard InChI is InChI=1S/C41H33N7O12.C3H5N3/c1-59-35-29(15-12-24(33(35)51)38(54)47-28-16-13-25(41(57)58)34(52)36(28)60-2)48-40(56)30-14-11-22(17-42-30)45-31(49)19-44-37(53)20-7-9-21(10-8-20)46-39(55)26-18-43-27-6-4-3-5-23(27)32(26)50;1-3-2-4-6-5-3/h3-18,51-52H,19H2,1-2H3,(H,43,50)(H,44,53)(H,45,49)(H,46,55)(H,47,54)(H,48,56)(H,57,58);2H,1H3,(H,4,5,6). The van der Waals surface area contributed by atoms with E-state index in [1.54, 1.807) is 30.5 Å². The Balaban J connectivity index is 0.00000111. The number of carbonyl (C=O) groups excluding carboxylic acids is 5. The van der Waals surface area contributed by atoms with Crippen molar-refractivity contribution in [3.05, 3.63) is 147 Å². The van der Waals surface area contributed by atoms with Crippen molar-refractivity contribution in [2.24, 2.45) is 0 Å². The highest BCUT2D eigenvalue weighted by Gasteiger charge is 2.24. The molecule has 0 bridgehead atoms. The molecule has 0 aliphatic rings. The number of aromatic hydroxyl groups is 2. The van der Waals surface area contributed by atoms with Gasteiger partial charge in [-0.15, -0.1) is 0 Å². The molecule has 0 aliphatic heterocycles. The van der Waals surface area contributed by atoms with Gasteiger partial charge in [-0.3, -0.25) is 28.8 Å². The van der Waals surface area contributed by atoms with E-state index in [4.69, 9.17) is 9.47 Å². The monoisotopic (exact) mass is 898 g/mol. The minimum Gasteiger partial charge on any atom is -0.504 e. The lowest BCUT2D eigenvalue weighted by atomic mass is 10.1. The van der Waals surface area contributed by atoms with E-state index < -0.39 is 64.5 Å². The van der Waals surface area contributed by atoms with Crippen LogP contribution < -0.4 is 41.5 Å². The number of aromatic carboxylic acids is 1. The van der Waals surface area contributed by atoms with Crippen LogP contribution in [0.5, 0.6) is 23.0 Å². The van der Waals surface area contributed by atoms with Gasteiger partial charge in [0.15, 0.2) is 23.0 Å². The molecule has 7 rings (SSSR count). The molecule has 3 heterocycles. The molecule has 0 radical (unpaired) electrons. The maximum Gasteiger partial charge on any atom is 0.339 e. The number of benzene rings is 4. The zero-order valence-electron chi connectivity index (χ0n) is 34.9. The second-order valence-corrected chi connectivity index (χ2v) is 13.7. The number of carboxylic acids is 1. The van der Waals surface area contributed by atoms with Gasteiger partial charge in [0.1, 0.15) is 16.8 Å². The van der Waals surface area contributed by atoms with Crippen molar-refractivity contribution in [2.45, 2.75) is 6.92 Å². The quantitative estimate of drug-likeness (QED) is 0.0772. The molecule has 0 saturated carbocycles. The number of hydrogen-bond donors (Lipinski definition) is 10. The van der Waals surface area contributed by atoms with Crippen LogP contribution in [0.2, 0.25) is 0 Å². The fourth-order valence-electron chi connectivity index (χ4n) is 6.05. The van der Waals surface area contributed by atoms with Crippen LogP contribution in [0.1, 0.15) is 57.6 Å². The summed E-state index contributed by atoms with van der Waals surface area (Å²) < 4.78 is 10.3. The number of aromatic nitrogens is 5. The van der Waals surface area contributed by atoms with Crippen molar-refractivity contribution in [1.82, 2.24) is 30.7 Å². The van der Waals surface area contributed by atoms with Crippen LogP contribution in [0.15, 0.2) is 108 Å². The first-order valence-corrected chi connectivity index (χ1v) is 19.2. The van der Waals surface area contributed by atoms with Crippen LogP contribution in [0, 0.1) is 6.92 Å². The summed E-state index contributed by atoms with van der Waals surface area (Å²) in [5.41, 5.74) is 0.715. The number of nitrogens with one attached hydrogen (secondary N) is 7. The number of aromatic amines is 2. The molecule has 10 N–H and O–H groups in total. The highest BCUT2D eigenvalue weighted by atomic mass is 16.5. The molecule has 0 fully saturated rings. The number of aryl methyl sites for hydroxylation is 1. The molecular weight excluding hydrogens is 861 g/mol. The van der Waals surface area contributed by atoms with Crippen molar-refractivity contribution in [1.29, 1.82) is 0 Å². The minimum atomic E-state index is -1.42. The molecule has 336 valence electrons. The zero-order chi connectivity index (χ0) is 47.5. The van der Waals surface area contributed by atoms with E-state index in [1.807, 2.05) is 6.92 Å². The number of carbonyl (C=O) groups is 6. The van der Waals surface area contributed by atoms with E-state index >= 15 is 0 Å². The summed E-state index contributed by atoms with van der Waals surface area (Å²) in [7, 11) is 2.35. The van der Waals surface area contributed by atoms with E-state index in [2.05, 4.69) is 52.0 Å². The lowest BCUT2D eigenvalue weighted by molar-refractivity contribution is -0.115. The van der Waals surface area contributed by atoms with Gasteiger partial charge in [0, 0.05) is 28.4 Å². The van der Waals surface area contributed by atoms with Crippen molar-refractivity contribution < 1.29 is 53.6 Å². The number of hydrogen-bond acceptors (Lipinski definition) is 14. The number of fused-ring (bicyclic) bond motifs is 1. The first-order valence-electron chi connectivity index (χ1n) is 19.2. The smallest absolute Gasteiger partial charge is 0.339 e. The Morgan fingerprint density at radius 3 is 1.88 bits per heavy atom. The van der Waals surface area contributed by atoms with Crippen LogP contribution in [-0.2, 0) is 4.79 Å². The number of phenols is 2. The Kier molecular flexibility index (Phi) is 14.3. The number of rotatable bonds is 13. The first kappa shape index (κ1) is 45.9. The summed E-state index contributed by atoms with van der Waals surface area (Å²) in [5.74, 6) is -6.88. The van der Waals surface area contributed by atoms with E-state index in [-0.39, 0.29) is 50.9 Å². The maximum absolute atomic E-state index is 13.1. The van der Waals surface area contributed by atoms with Crippen molar-refractivity contribution in [3.8, 4) is 23.0 Å². The Bertz CT molecular complexity index is 3030. The van der Waals surface area contributed by atoms with Crippen LogP contribution in [0.3, 0.4) is 0 Å². The third kappa shape index (κ3) is 10.7. The van der Waals surface area contributed by atoms with Crippen LogP contribution in [0.4, 0.5) is 22.7 Å². The van der Waals surface area contributed by atoms with E-state index in [1.165, 1.54) is 74.1 Å². The molecule has 5 amide bonds. The average molecular weight is 899 g/mol. The van der Waals surface area contributed by atoms with Crippen LogP contribution >= 0.6 is 0 Å². The van der Waals surface area contributed by atoms with Gasteiger partial charge in [-0.1, -0.05) is 12.1 Å². The predicted octanol–water partition coefficient (Wildman–Crippen LogP) is 4.29. The minimum absolute atomic E-state index is 0.0375. The average Bonchev–Trinajstić information content (AvgIpc) is 3.79. The zero-order valence-corrected chi connectivity index (χ0v) is 34.9. The predicted molar refractivity (Wildman–Crippen MR) is 237 cm³/mol. The van der Waals surface area contributed by atoms with Gasteiger partial charge in [0.25, 0.3) is 23.6 Å². The third-order valence-corrected chi connectivity index (χ3v) is 9.31. The molecular formula is C44H38N10O12. The van der Waals surface area contributed by atoms with Gasteiger partial charge in [0.05, 0.1) is 61.5 Å². The molecule has 22 heteroatoms. The molecule has 0 aliphatic carbocycles. The fourth-order valence-corrected chi connectivity index (χ4v) is 6.05. The summed E-state index contributed by atoms with van der Waals surface area (Å²) in [6, 6.07) is 20.0. The van der Waals surface area contributed by atoms with E-state index in [0.717, 1.165) is 18.9 Å². The lowest BCUT2D eigenvalue weighted by Crippen LogP contribution is -2.32. The molecule has 0 saturated heterocycles. The summed E-state index contributed by atoms with van der Waals surface area (Å²) in [6.45, 7) is 1.46. The molecule has 66 heavy (non-hydrogen) atoms. The first-order chi connectivity index (χ1) is 31.7. The van der Waals surface area contributed by atoms with Gasteiger partial charge in [-0.05, 0) is 79.7 Å². The number of H-pyrrole nitrogens is 2. The lowest BCUT2D eigenvalue weighted by Gasteiger charge is -2.16. The van der Waals surface area contributed by atoms with E-state index in [0.29, 0.717) is 16.6 Å². The number of nitrogens with zero attached hydrogens (tertiary/aromatic N) is 3. The molecule has 3 aromatic heterocycles. The molecule has 0 unspecified atom stereocenters. The molecule has 4 aromatic carbocycles. The topological polar surface area (TPSA) is 329 Å². The van der Waals surface area contributed by atoms with Crippen LogP contribution in [0.25, 0.3) is 10.9 Å². The number of amides is 5. The number of para-hydroxylation sites is 1. The number of phenolic OH excluding ortho intramolecular Hbond substituents is 1. The van der Waals surface area contributed by atoms with Gasteiger partial charge in [-0.25, -0.2) is 9.78 Å². The van der Waals surface area contributed by atoms with Gasteiger partial charge in [-0.2, -0.15) is 15.4 Å². The molecule has 0 atom stereocenters. The van der Waals surface area contributed by atoms with Crippen LogP contribution in [-0.4, -0.2) is 97.0 Å². The highest BCUT2D eigenvalue weighted by Crippen LogP contribution is 2.40. The Labute approximate surface area is 372 Å². The summed E-state index contributed by atoms with van der Waals surface area (Å²) in [6.07, 6.45) is 4.20. The number of pyridine rings is 2. The number of carboxylic acid groups (broad SMARTS) is 1. The number of methoxy groups -OCH3 is 2. The summed E-state index contributed by atoms with van der Waals surface area (Å²) in [4.78, 5) is 95.2. The van der Waals surface area contributed by atoms with Gasteiger partial charge >= 0.3 is 5.97 Å². The van der Waals surface area contributed by atoms with Crippen molar-refractivity contribution in [3.63, 3.8) is 0 Å². The Hall–Kier alpha value is -9.60. The van der Waals surface area contributed by atoms with Gasteiger partial charge < -0.3 is 56.4 Å². The fraction of sp³-hybridized carbons (Fsp3) is 0.0909. The molecule has 22 nitrogen and oxygen atoms in total. The highest BCUT2D eigenvalue weighted by molar-refractivity contribution is 6.10. The largest absolute Gasteiger partial charge is 0.504 e. The normalized spacial score (nSPS) is 10.4. The van der Waals surface area contributed by atoms with Crippen molar-refractivity contribution >= 4 is 69.2 Å². The second kappa shape index (κ2) is 20.5. The second-order valence-electron chi connectivity index (χ2n) is 13.7. The maximum atomic E-state index is 13.1. The Morgan fingerprint density at radius 2 is 1.29 bits per heavy atom. The summed E-state index contributed by atoms with van der Waals surface area (Å²) in [5, 5.41) is 53.0. The van der Waals surface area contributed by atoms with E-state index in [9.17, 15) is 48.9 Å². The molecule has 0 spiro atoms. The van der Waals surface area contributed by atoms with Crippen molar-refractivity contribution in [2.75, 3.05) is 42.0 Å². The number of anilines is 4. The number of ether oxygens (including phenoxy) is 2. The van der Waals surface area contributed by atoms with Gasteiger partial charge in [0.2, 0.25) is 11.3 Å². The Morgan fingerprint density at radius 1 is 0.667 bits per heavy atom.